The van der Waals surface area contributed by atoms with Crippen LogP contribution < -0.4 is 14.5 Å². The molecular weight excluding hydrogens is 446 g/mol. The molecular formula is C23H26BrN3O3. The van der Waals surface area contributed by atoms with Gasteiger partial charge in [-0.15, -0.1) is 0 Å². The fourth-order valence-corrected chi connectivity index (χ4v) is 4.72. The van der Waals surface area contributed by atoms with Crippen LogP contribution in [0.4, 0.5) is 11.4 Å². The molecule has 2 amide bonds. The molecule has 0 spiro atoms. The number of hydrogen-bond acceptors (Lipinski definition) is 4. The van der Waals surface area contributed by atoms with Gasteiger partial charge in [0.2, 0.25) is 11.8 Å². The molecule has 158 valence electrons. The van der Waals surface area contributed by atoms with Crippen LogP contribution in [0.15, 0.2) is 53.0 Å². The van der Waals surface area contributed by atoms with Crippen LogP contribution in [0.5, 0.6) is 5.75 Å². The van der Waals surface area contributed by atoms with Crippen LogP contribution in [-0.2, 0) is 9.59 Å². The average Bonchev–Trinajstić information content (AvgIpc) is 2.99. The van der Waals surface area contributed by atoms with Crippen molar-refractivity contribution in [3.63, 3.8) is 0 Å². The van der Waals surface area contributed by atoms with Crippen LogP contribution in [0.2, 0.25) is 0 Å². The minimum atomic E-state index is -0.280. The maximum Gasteiger partial charge on any atom is 0.228 e. The van der Waals surface area contributed by atoms with E-state index in [4.69, 9.17) is 4.74 Å². The molecule has 6 nitrogen and oxygen atoms in total. The van der Waals surface area contributed by atoms with Crippen molar-refractivity contribution in [3.05, 3.63) is 53.0 Å². The highest BCUT2D eigenvalue weighted by molar-refractivity contribution is 9.10. The number of carbonyl (C=O) groups excluding carboxylic acids is 2. The Morgan fingerprint density at radius 3 is 2.53 bits per heavy atom. The summed E-state index contributed by atoms with van der Waals surface area (Å²) in [5.41, 5.74) is 1.97. The molecule has 2 aliphatic rings. The lowest BCUT2D eigenvalue weighted by Gasteiger charge is -2.25. The molecule has 1 unspecified atom stereocenters. The standard InChI is InChI=1S/C23H26BrN3O3/c1-30-19-9-7-18(8-10-19)25-11-4-12-26(14-13-25)23(29)17-15-22(28)27(16-17)21-6-3-2-5-20(21)24/h2-3,5-10,17H,4,11-16H2,1H3. The van der Waals surface area contributed by atoms with Crippen molar-refractivity contribution in [3.8, 4) is 5.75 Å². The van der Waals surface area contributed by atoms with Gasteiger partial charge in [0, 0.05) is 49.3 Å². The van der Waals surface area contributed by atoms with Gasteiger partial charge < -0.3 is 19.4 Å². The van der Waals surface area contributed by atoms with E-state index in [0.29, 0.717) is 13.1 Å². The van der Waals surface area contributed by atoms with Gasteiger partial charge in [0.15, 0.2) is 0 Å². The first-order chi connectivity index (χ1) is 14.6. The number of carbonyl (C=O) groups is 2. The lowest BCUT2D eigenvalue weighted by Crippen LogP contribution is -2.40. The summed E-state index contributed by atoms with van der Waals surface area (Å²) in [5, 5.41) is 0. The molecule has 2 aliphatic heterocycles. The fraction of sp³-hybridized carbons (Fsp3) is 0.391. The molecule has 2 aromatic rings. The SMILES string of the molecule is COc1ccc(N2CCCN(C(=O)C3CC(=O)N(c4ccccc4Br)C3)CC2)cc1. The summed E-state index contributed by atoms with van der Waals surface area (Å²) < 4.78 is 6.11. The second-order valence-electron chi connectivity index (χ2n) is 7.72. The largest absolute Gasteiger partial charge is 0.497 e. The van der Waals surface area contributed by atoms with E-state index in [0.717, 1.165) is 47.7 Å². The van der Waals surface area contributed by atoms with E-state index in [1.54, 1.807) is 12.0 Å². The van der Waals surface area contributed by atoms with Gasteiger partial charge in [-0.3, -0.25) is 9.59 Å². The molecule has 1 atom stereocenters. The maximum atomic E-state index is 13.2. The molecule has 30 heavy (non-hydrogen) atoms. The Balaban J connectivity index is 1.39. The Hall–Kier alpha value is -2.54. The summed E-state index contributed by atoms with van der Waals surface area (Å²) in [4.78, 5) is 31.8. The third kappa shape index (κ3) is 4.31. The first-order valence-corrected chi connectivity index (χ1v) is 11.1. The summed E-state index contributed by atoms with van der Waals surface area (Å²) in [5.74, 6) is 0.660. The Kier molecular flexibility index (Phi) is 6.27. The van der Waals surface area contributed by atoms with Crippen LogP contribution in [0.25, 0.3) is 0 Å². The summed E-state index contributed by atoms with van der Waals surface area (Å²) in [6, 6.07) is 15.7. The van der Waals surface area contributed by atoms with E-state index in [1.165, 1.54) is 0 Å². The molecule has 2 fully saturated rings. The minimum Gasteiger partial charge on any atom is -0.497 e. The van der Waals surface area contributed by atoms with Crippen molar-refractivity contribution in [1.82, 2.24) is 4.90 Å². The van der Waals surface area contributed by atoms with E-state index < -0.39 is 0 Å². The Bertz CT molecular complexity index is 918. The molecule has 0 aromatic heterocycles. The molecule has 0 saturated carbocycles. The summed E-state index contributed by atoms with van der Waals surface area (Å²) in [6.07, 6.45) is 1.19. The molecule has 0 radical (unpaired) electrons. The van der Waals surface area contributed by atoms with Gasteiger partial charge in [-0.2, -0.15) is 0 Å². The summed E-state index contributed by atoms with van der Waals surface area (Å²) in [6.45, 7) is 3.53. The lowest BCUT2D eigenvalue weighted by molar-refractivity contribution is -0.135. The fourth-order valence-electron chi connectivity index (χ4n) is 4.22. The molecule has 7 heteroatoms. The number of ether oxygens (including phenoxy) is 1. The third-order valence-electron chi connectivity index (χ3n) is 5.86. The van der Waals surface area contributed by atoms with E-state index in [9.17, 15) is 9.59 Å². The van der Waals surface area contributed by atoms with Crippen LogP contribution >= 0.6 is 15.9 Å². The highest BCUT2D eigenvalue weighted by Gasteiger charge is 2.38. The number of benzene rings is 2. The van der Waals surface area contributed by atoms with Crippen molar-refractivity contribution < 1.29 is 14.3 Å². The number of halogens is 1. The predicted molar refractivity (Wildman–Crippen MR) is 121 cm³/mol. The van der Waals surface area contributed by atoms with Crippen LogP contribution in [0, 0.1) is 5.92 Å². The van der Waals surface area contributed by atoms with Crippen molar-refractivity contribution in [2.45, 2.75) is 12.8 Å². The molecule has 0 bridgehead atoms. The highest BCUT2D eigenvalue weighted by atomic mass is 79.9. The van der Waals surface area contributed by atoms with Crippen LogP contribution in [0.1, 0.15) is 12.8 Å². The quantitative estimate of drug-likeness (QED) is 0.683. The third-order valence-corrected chi connectivity index (χ3v) is 6.53. The minimum absolute atomic E-state index is 0.00920. The molecule has 4 rings (SSSR count). The predicted octanol–water partition coefficient (Wildman–Crippen LogP) is 3.55. The molecule has 2 heterocycles. The topological polar surface area (TPSA) is 53.1 Å². The van der Waals surface area contributed by atoms with E-state index in [1.807, 2.05) is 41.3 Å². The Morgan fingerprint density at radius 1 is 1.03 bits per heavy atom. The van der Waals surface area contributed by atoms with Gasteiger partial charge in [-0.1, -0.05) is 12.1 Å². The zero-order valence-corrected chi connectivity index (χ0v) is 18.7. The number of anilines is 2. The first kappa shape index (κ1) is 20.7. The van der Waals surface area contributed by atoms with Crippen molar-refractivity contribution >= 4 is 39.1 Å². The van der Waals surface area contributed by atoms with E-state index in [2.05, 4.69) is 33.0 Å². The van der Waals surface area contributed by atoms with Gasteiger partial charge >= 0.3 is 0 Å². The lowest BCUT2D eigenvalue weighted by atomic mass is 10.1. The number of rotatable bonds is 4. The van der Waals surface area contributed by atoms with E-state index >= 15 is 0 Å². The molecule has 2 saturated heterocycles. The van der Waals surface area contributed by atoms with Crippen molar-refractivity contribution in [2.24, 2.45) is 5.92 Å². The summed E-state index contributed by atoms with van der Waals surface area (Å²) >= 11 is 3.51. The zero-order chi connectivity index (χ0) is 21.1. The highest BCUT2D eigenvalue weighted by Crippen LogP contribution is 2.32. The number of nitrogens with zero attached hydrogens (tertiary/aromatic N) is 3. The Morgan fingerprint density at radius 2 is 1.80 bits per heavy atom. The number of para-hydroxylation sites is 1. The zero-order valence-electron chi connectivity index (χ0n) is 17.1. The second kappa shape index (κ2) is 9.08. The van der Waals surface area contributed by atoms with Gasteiger partial charge in [0.1, 0.15) is 5.75 Å². The number of amides is 2. The molecule has 0 N–H and O–H groups in total. The Labute approximate surface area is 185 Å². The normalized spacial score (nSPS) is 19.7. The second-order valence-corrected chi connectivity index (χ2v) is 8.58. The van der Waals surface area contributed by atoms with Gasteiger partial charge in [0.25, 0.3) is 0 Å². The van der Waals surface area contributed by atoms with Crippen LogP contribution in [0.3, 0.4) is 0 Å². The first-order valence-electron chi connectivity index (χ1n) is 10.3. The number of hydrogen-bond donors (Lipinski definition) is 0. The summed E-state index contributed by atoms with van der Waals surface area (Å²) in [7, 11) is 1.66. The van der Waals surface area contributed by atoms with Gasteiger partial charge in [-0.05, 0) is 58.7 Å². The maximum absolute atomic E-state index is 13.2. The van der Waals surface area contributed by atoms with Crippen molar-refractivity contribution in [1.29, 1.82) is 0 Å². The smallest absolute Gasteiger partial charge is 0.228 e. The average molecular weight is 472 g/mol. The van der Waals surface area contributed by atoms with Gasteiger partial charge in [-0.25, -0.2) is 0 Å². The van der Waals surface area contributed by atoms with Gasteiger partial charge in [0.05, 0.1) is 18.7 Å². The van der Waals surface area contributed by atoms with Crippen molar-refractivity contribution in [2.75, 3.05) is 49.6 Å². The monoisotopic (exact) mass is 471 g/mol. The molecule has 2 aromatic carbocycles. The molecule has 0 aliphatic carbocycles. The number of methoxy groups -OCH3 is 1. The van der Waals surface area contributed by atoms with Crippen LogP contribution in [-0.4, -0.2) is 56.5 Å². The van der Waals surface area contributed by atoms with E-state index in [-0.39, 0.29) is 24.2 Å².